The van der Waals surface area contributed by atoms with E-state index < -0.39 is 4.92 Å². The molecule has 0 fully saturated rings. The molecule has 0 atom stereocenters. The van der Waals surface area contributed by atoms with Crippen molar-refractivity contribution in [2.24, 2.45) is 0 Å². The number of nitro benzene ring substituents is 1. The zero-order chi connectivity index (χ0) is 16.4. The summed E-state index contributed by atoms with van der Waals surface area (Å²) in [6.07, 6.45) is 2.86. The summed E-state index contributed by atoms with van der Waals surface area (Å²) in [7, 11) is 0. The van der Waals surface area contributed by atoms with Gasteiger partial charge in [0.2, 0.25) is 0 Å². The average molecular weight is 330 g/mol. The van der Waals surface area contributed by atoms with Crippen LogP contribution in [0.25, 0.3) is 10.9 Å². The summed E-state index contributed by atoms with van der Waals surface area (Å²) < 4.78 is 0. The van der Waals surface area contributed by atoms with E-state index in [0.29, 0.717) is 0 Å². The molecule has 1 heterocycles. The lowest BCUT2D eigenvalue weighted by Gasteiger charge is -2.10. The molecule has 6 heteroatoms. The third-order valence-electron chi connectivity index (χ3n) is 3.88. The number of rotatable bonds is 5. The molecule has 3 rings (SSSR count). The van der Waals surface area contributed by atoms with Crippen LogP contribution in [0, 0.1) is 17.0 Å². The van der Waals surface area contributed by atoms with Gasteiger partial charge in [-0.2, -0.15) is 0 Å². The van der Waals surface area contributed by atoms with Crippen molar-refractivity contribution in [3.8, 4) is 0 Å². The first-order valence-electron chi connectivity index (χ1n) is 7.29. The number of nitrogens with zero attached hydrogens (tertiary/aromatic N) is 1. The van der Waals surface area contributed by atoms with Gasteiger partial charge in [-0.15, -0.1) is 0 Å². The lowest BCUT2D eigenvalue weighted by molar-refractivity contribution is -0.384. The molecule has 0 spiro atoms. The number of aromatic nitrogens is 1. The van der Waals surface area contributed by atoms with E-state index in [1.54, 1.807) is 6.07 Å². The maximum Gasteiger partial charge on any atom is 0.288 e. The molecule has 3 aromatic rings. The summed E-state index contributed by atoms with van der Waals surface area (Å²) in [5.41, 5.74) is 3.92. The molecule has 0 aliphatic heterocycles. The van der Waals surface area contributed by atoms with Crippen LogP contribution in [0.1, 0.15) is 11.1 Å². The second kappa shape index (κ2) is 6.30. The van der Waals surface area contributed by atoms with E-state index >= 15 is 0 Å². The highest BCUT2D eigenvalue weighted by Crippen LogP contribution is 2.30. The Morgan fingerprint density at radius 3 is 2.87 bits per heavy atom. The Hall–Kier alpha value is -2.53. The minimum Gasteiger partial charge on any atom is -0.384 e. The SMILES string of the molecule is Cc1cc([N+](=O)[O-])c(Cl)cc1NCCc1c[nH]c2ccccc12. The van der Waals surface area contributed by atoms with Gasteiger partial charge in [0, 0.05) is 35.4 Å². The third-order valence-corrected chi connectivity index (χ3v) is 4.18. The van der Waals surface area contributed by atoms with Crippen LogP contribution >= 0.6 is 11.6 Å². The van der Waals surface area contributed by atoms with Crippen molar-refractivity contribution in [1.82, 2.24) is 4.98 Å². The fourth-order valence-electron chi connectivity index (χ4n) is 2.67. The number of benzene rings is 2. The van der Waals surface area contributed by atoms with E-state index in [0.717, 1.165) is 29.7 Å². The van der Waals surface area contributed by atoms with Gasteiger partial charge in [-0.05, 0) is 36.6 Å². The Morgan fingerprint density at radius 1 is 1.30 bits per heavy atom. The topological polar surface area (TPSA) is 71.0 Å². The van der Waals surface area contributed by atoms with Crippen LogP contribution in [-0.4, -0.2) is 16.5 Å². The first-order valence-corrected chi connectivity index (χ1v) is 7.67. The summed E-state index contributed by atoms with van der Waals surface area (Å²) >= 11 is 5.97. The Bertz CT molecular complexity index is 873. The lowest BCUT2D eigenvalue weighted by Crippen LogP contribution is -2.06. The number of nitrogens with one attached hydrogen (secondary N) is 2. The smallest absolute Gasteiger partial charge is 0.288 e. The number of fused-ring (bicyclic) bond motifs is 1. The maximum absolute atomic E-state index is 10.9. The van der Waals surface area contributed by atoms with Crippen LogP contribution in [0.4, 0.5) is 11.4 Å². The third kappa shape index (κ3) is 3.14. The van der Waals surface area contributed by atoms with E-state index in [9.17, 15) is 10.1 Å². The lowest BCUT2D eigenvalue weighted by atomic mass is 10.1. The number of hydrogen-bond acceptors (Lipinski definition) is 3. The fourth-order valence-corrected chi connectivity index (χ4v) is 2.90. The highest BCUT2D eigenvalue weighted by Gasteiger charge is 2.14. The van der Waals surface area contributed by atoms with Crippen LogP contribution in [0.3, 0.4) is 0 Å². The van der Waals surface area contributed by atoms with Gasteiger partial charge in [0.05, 0.1) is 4.92 Å². The Labute approximate surface area is 138 Å². The Balaban J connectivity index is 1.71. The molecule has 0 bridgehead atoms. The first-order chi connectivity index (χ1) is 11.1. The van der Waals surface area contributed by atoms with Gasteiger partial charge >= 0.3 is 0 Å². The van der Waals surface area contributed by atoms with Crippen molar-refractivity contribution in [1.29, 1.82) is 0 Å². The maximum atomic E-state index is 10.9. The molecule has 1 aromatic heterocycles. The van der Waals surface area contributed by atoms with Gasteiger partial charge in [0.15, 0.2) is 0 Å². The minimum atomic E-state index is -0.467. The van der Waals surface area contributed by atoms with Crippen molar-refractivity contribution in [2.45, 2.75) is 13.3 Å². The van der Waals surface area contributed by atoms with Gasteiger partial charge in [0.1, 0.15) is 5.02 Å². The number of H-pyrrole nitrogens is 1. The van der Waals surface area contributed by atoms with E-state index in [2.05, 4.69) is 16.4 Å². The molecule has 0 saturated carbocycles. The number of hydrogen-bond donors (Lipinski definition) is 2. The zero-order valence-electron chi connectivity index (χ0n) is 12.6. The molecule has 0 radical (unpaired) electrons. The molecule has 0 saturated heterocycles. The van der Waals surface area contributed by atoms with E-state index in [-0.39, 0.29) is 10.7 Å². The first kappa shape index (κ1) is 15.4. The summed E-state index contributed by atoms with van der Waals surface area (Å²) in [6.45, 7) is 2.55. The summed E-state index contributed by atoms with van der Waals surface area (Å²) in [6, 6.07) is 11.3. The van der Waals surface area contributed by atoms with Gasteiger partial charge in [-0.3, -0.25) is 10.1 Å². The molecule has 2 aromatic carbocycles. The number of aryl methyl sites for hydroxylation is 1. The number of aromatic amines is 1. The van der Waals surface area contributed by atoms with Gasteiger partial charge in [-0.25, -0.2) is 0 Å². The predicted octanol–water partition coefficient (Wildman–Crippen LogP) is 4.69. The standard InChI is InChI=1S/C17H16ClN3O2/c1-11-8-17(21(22)23)14(18)9-16(11)19-7-6-12-10-20-15-5-3-2-4-13(12)15/h2-5,8-10,19-20H,6-7H2,1H3. The molecular formula is C17H16ClN3O2. The normalized spacial score (nSPS) is 10.9. The summed E-state index contributed by atoms with van der Waals surface area (Å²) in [5.74, 6) is 0. The van der Waals surface area contributed by atoms with Crippen molar-refractivity contribution >= 4 is 33.9 Å². The van der Waals surface area contributed by atoms with Gasteiger partial charge in [0.25, 0.3) is 5.69 Å². The van der Waals surface area contributed by atoms with E-state index in [4.69, 9.17) is 11.6 Å². The van der Waals surface area contributed by atoms with Gasteiger partial charge < -0.3 is 10.3 Å². The van der Waals surface area contributed by atoms with Crippen LogP contribution in [-0.2, 0) is 6.42 Å². The number of para-hydroxylation sites is 1. The Morgan fingerprint density at radius 2 is 2.09 bits per heavy atom. The highest BCUT2D eigenvalue weighted by molar-refractivity contribution is 6.33. The van der Waals surface area contributed by atoms with Gasteiger partial charge in [-0.1, -0.05) is 29.8 Å². The van der Waals surface area contributed by atoms with E-state index in [1.165, 1.54) is 17.0 Å². The molecule has 118 valence electrons. The number of nitro groups is 1. The summed E-state index contributed by atoms with van der Waals surface area (Å²) in [4.78, 5) is 13.7. The summed E-state index contributed by atoms with van der Waals surface area (Å²) in [5, 5.41) is 15.5. The molecular weight excluding hydrogens is 314 g/mol. The molecule has 0 aliphatic rings. The molecule has 0 amide bonds. The second-order valence-electron chi connectivity index (χ2n) is 5.41. The quantitative estimate of drug-likeness (QED) is 0.527. The fraction of sp³-hybridized carbons (Fsp3) is 0.176. The number of halogens is 1. The molecule has 0 unspecified atom stereocenters. The number of anilines is 1. The molecule has 23 heavy (non-hydrogen) atoms. The van der Waals surface area contributed by atoms with Crippen LogP contribution < -0.4 is 5.32 Å². The largest absolute Gasteiger partial charge is 0.384 e. The molecule has 5 nitrogen and oxygen atoms in total. The van der Waals surface area contributed by atoms with Crippen molar-refractivity contribution in [3.05, 3.63) is 68.9 Å². The Kier molecular flexibility index (Phi) is 4.21. The monoisotopic (exact) mass is 329 g/mol. The van der Waals surface area contributed by atoms with Crippen molar-refractivity contribution in [2.75, 3.05) is 11.9 Å². The van der Waals surface area contributed by atoms with Crippen LogP contribution in [0.2, 0.25) is 5.02 Å². The van der Waals surface area contributed by atoms with Crippen molar-refractivity contribution < 1.29 is 4.92 Å². The zero-order valence-corrected chi connectivity index (χ0v) is 13.4. The van der Waals surface area contributed by atoms with Crippen molar-refractivity contribution in [3.63, 3.8) is 0 Å². The molecule has 0 aliphatic carbocycles. The minimum absolute atomic E-state index is 0.0636. The average Bonchev–Trinajstić information content (AvgIpc) is 2.93. The predicted molar refractivity (Wildman–Crippen MR) is 93.3 cm³/mol. The van der Waals surface area contributed by atoms with Crippen LogP contribution in [0.5, 0.6) is 0 Å². The van der Waals surface area contributed by atoms with E-state index in [1.807, 2.05) is 31.3 Å². The highest BCUT2D eigenvalue weighted by atomic mass is 35.5. The second-order valence-corrected chi connectivity index (χ2v) is 5.82. The van der Waals surface area contributed by atoms with Crippen LogP contribution in [0.15, 0.2) is 42.6 Å². The molecule has 2 N–H and O–H groups in total.